The summed E-state index contributed by atoms with van der Waals surface area (Å²) in [4.78, 5) is 15.0. The maximum atomic E-state index is 13.5. The summed E-state index contributed by atoms with van der Waals surface area (Å²) in [7, 11) is 0. The van der Waals surface area contributed by atoms with Crippen molar-refractivity contribution in [1.29, 1.82) is 0 Å². The zero-order valence-electron chi connectivity index (χ0n) is 19.0. The standard InChI is InChI=1S/C25H25ClF3N5O/c26-19-4-1-3-18(15-19)22-16-20(17-23(31-22)33-11-13-35-14-12-33)32-7-9-34(10-8-32)24-21(25(27,28)29)5-2-6-30-24/h1-6,15-17H,7-14H2. The van der Waals surface area contributed by atoms with E-state index in [0.29, 0.717) is 44.4 Å². The van der Waals surface area contributed by atoms with Crippen molar-refractivity contribution in [3.05, 3.63) is 65.3 Å². The molecule has 10 heteroatoms. The van der Waals surface area contributed by atoms with Crippen LogP contribution in [-0.2, 0) is 10.9 Å². The number of pyridine rings is 2. The molecular formula is C25H25ClF3N5O. The Morgan fingerprint density at radius 2 is 1.57 bits per heavy atom. The topological polar surface area (TPSA) is 44.7 Å². The van der Waals surface area contributed by atoms with E-state index in [1.165, 1.54) is 12.3 Å². The highest BCUT2D eigenvalue weighted by Crippen LogP contribution is 2.36. The van der Waals surface area contributed by atoms with E-state index in [0.717, 1.165) is 41.9 Å². The summed E-state index contributed by atoms with van der Waals surface area (Å²) in [6, 6.07) is 14.1. The number of piperazine rings is 1. The SMILES string of the molecule is FC(F)(F)c1cccnc1N1CCN(c2cc(-c3cccc(Cl)c3)nc(N3CCOCC3)c2)CC1. The van der Waals surface area contributed by atoms with E-state index >= 15 is 0 Å². The van der Waals surface area contributed by atoms with Crippen molar-refractivity contribution in [3.8, 4) is 11.3 Å². The molecule has 2 aliphatic rings. The van der Waals surface area contributed by atoms with Crippen LogP contribution in [-0.4, -0.2) is 62.5 Å². The minimum Gasteiger partial charge on any atom is -0.378 e. The lowest BCUT2D eigenvalue weighted by Crippen LogP contribution is -2.47. The molecule has 6 nitrogen and oxygen atoms in total. The third-order valence-corrected chi connectivity index (χ3v) is 6.52. The summed E-state index contributed by atoms with van der Waals surface area (Å²) in [5.41, 5.74) is 2.00. The fraction of sp³-hybridized carbons (Fsp3) is 0.360. The summed E-state index contributed by atoms with van der Waals surface area (Å²) >= 11 is 6.23. The quantitative estimate of drug-likeness (QED) is 0.500. The van der Waals surface area contributed by atoms with Crippen LogP contribution in [0.15, 0.2) is 54.7 Å². The number of hydrogen-bond acceptors (Lipinski definition) is 6. The number of hydrogen-bond donors (Lipinski definition) is 0. The molecule has 0 N–H and O–H groups in total. The molecule has 2 fully saturated rings. The number of alkyl halides is 3. The van der Waals surface area contributed by atoms with Gasteiger partial charge in [0.25, 0.3) is 0 Å². The van der Waals surface area contributed by atoms with Gasteiger partial charge in [-0.1, -0.05) is 23.7 Å². The highest BCUT2D eigenvalue weighted by atomic mass is 35.5. The number of aromatic nitrogens is 2. The van der Waals surface area contributed by atoms with Crippen LogP contribution in [0.3, 0.4) is 0 Å². The molecule has 1 aromatic carbocycles. The first kappa shape index (κ1) is 23.7. The van der Waals surface area contributed by atoms with Crippen molar-refractivity contribution in [2.45, 2.75) is 6.18 Å². The molecule has 184 valence electrons. The Balaban J connectivity index is 1.42. The van der Waals surface area contributed by atoms with Crippen molar-refractivity contribution in [3.63, 3.8) is 0 Å². The van der Waals surface area contributed by atoms with Crippen molar-refractivity contribution in [2.24, 2.45) is 0 Å². The van der Waals surface area contributed by atoms with Crippen LogP contribution in [0.4, 0.5) is 30.5 Å². The van der Waals surface area contributed by atoms with Crippen LogP contribution < -0.4 is 14.7 Å². The lowest BCUT2D eigenvalue weighted by molar-refractivity contribution is -0.137. The van der Waals surface area contributed by atoms with Crippen molar-refractivity contribution >= 4 is 28.9 Å². The first-order valence-corrected chi connectivity index (χ1v) is 11.9. The van der Waals surface area contributed by atoms with Gasteiger partial charge in [-0.05, 0) is 30.3 Å². The minimum atomic E-state index is -4.44. The number of morpholine rings is 1. The van der Waals surface area contributed by atoms with Gasteiger partial charge in [0, 0.05) is 67.8 Å². The number of anilines is 3. The van der Waals surface area contributed by atoms with E-state index in [2.05, 4.69) is 20.9 Å². The van der Waals surface area contributed by atoms with Gasteiger partial charge in [-0.25, -0.2) is 9.97 Å². The van der Waals surface area contributed by atoms with Crippen LogP contribution >= 0.6 is 11.6 Å². The zero-order chi connectivity index (χ0) is 24.4. The summed E-state index contributed by atoms with van der Waals surface area (Å²) in [6.45, 7) is 4.78. The zero-order valence-corrected chi connectivity index (χ0v) is 19.8. The minimum absolute atomic E-state index is 0.0111. The number of rotatable bonds is 4. The van der Waals surface area contributed by atoms with Crippen molar-refractivity contribution in [2.75, 3.05) is 67.2 Å². The van der Waals surface area contributed by atoms with Crippen molar-refractivity contribution < 1.29 is 17.9 Å². The Morgan fingerprint density at radius 1 is 0.829 bits per heavy atom. The Kier molecular flexibility index (Phi) is 6.71. The maximum Gasteiger partial charge on any atom is 0.419 e. The summed E-state index contributed by atoms with van der Waals surface area (Å²) in [6.07, 6.45) is -3.03. The van der Waals surface area contributed by atoms with Crippen molar-refractivity contribution in [1.82, 2.24) is 9.97 Å². The van der Waals surface area contributed by atoms with Crippen LogP contribution in [0.25, 0.3) is 11.3 Å². The average molecular weight is 504 g/mol. The molecule has 0 saturated carbocycles. The van der Waals surface area contributed by atoms with Gasteiger partial charge in [-0.3, -0.25) is 0 Å². The summed E-state index contributed by atoms with van der Waals surface area (Å²) in [5.74, 6) is 0.843. The second-order valence-corrected chi connectivity index (χ2v) is 8.96. The van der Waals surface area contributed by atoms with Gasteiger partial charge in [0.05, 0.1) is 24.5 Å². The average Bonchev–Trinajstić information content (AvgIpc) is 2.88. The van der Waals surface area contributed by atoms with Gasteiger partial charge >= 0.3 is 6.18 Å². The van der Waals surface area contributed by atoms with Gasteiger partial charge in [0.15, 0.2) is 0 Å². The Morgan fingerprint density at radius 3 is 2.29 bits per heavy atom. The second-order valence-electron chi connectivity index (χ2n) is 8.52. The molecule has 0 bridgehead atoms. The molecule has 3 aromatic rings. The lowest BCUT2D eigenvalue weighted by atomic mass is 10.1. The van der Waals surface area contributed by atoms with E-state index in [1.807, 2.05) is 30.3 Å². The molecule has 2 saturated heterocycles. The van der Waals surface area contributed by atoms with E-state index in [1.54, 1.807) is 4.90 Å². The van der Waals surface area contributed by atoms with Crippen LogP contribution in [0.2, 0.25) is 5.02 Å². The molecular weight excluding hydrogens is 479 g/mol. The van der Waals surface area contributed by atoms with E-state index in [9.17, 15) is 13.2 Å². The van der Waals surface area contributed by atoms with Gasteiger partial charge in [-0.15, -0.1) is 0 Å². The second kappa shape index (κ2) is 9.91. The summed E-state index contributed by atoms with van der Waals surface area (Å²) < 4.78 is 46.0. The van der Waals surface area contributed by atoms with E-state index in [-0.39, 0.29) is 5.82 Å². The molecule has 0 amide bonds. The highest BCUT2D eigenvalue weighted by Gasteiger charge is 2.36. The van der Waals surface area contributed by atoms with Gasteiger partial charge in [-0.2, -0.15) is 13.2 Å². The molecule has 0 radical (unpaired) electrons. The molecule has 0 spiro atoms. The number of benzene rings is 1. The maximum absolute atomic E-state index is 13.5. The number of halogens is 4. The van der Waals surface area contributed by atoms with Gasteiger partial charge < -0.3 is 19.4 Å². The molecule has 35 heavy (non-hydrogen) atoms. The van der Waals surface area contributed by atoms with Crippen LogP contribution in [0.5, 0.6) is 0 Å². The first-order valence-electron chi connectivity index (χ1n) is 11.5. The molecule has 5 rings (SSSR count). The molecule has 2 aliphatic heterocycles. The van der Waals surface area contributed by atoms with E-state index < -0.39 is 11.7 Å². The molecule has 4 heterocycles. The molecule has 0 atom stereocenters. The van der Waals surface area contributed by atoms with Gasteiger partial charge in [0.1, 0.15) is 11.6 Å². The van der Waals surface area contributed by atoms with Crippen LogP contribution in [0.1, 0.15) is 5.56 Å². The monoisotopic (exact) mass is 503 g/mol. The molecule has 0 unspecified atom stereocenters. The van der Waals surface area contributed by atoms with Gasteiger partial charge in [0.2, 0.25) is 0 Å². The van der Waals surface area contributed by atoms with E-state index in [4.69, 9.17) is 21.3 Å². The third-order valence-electron chi connectivity index (χ3n) is 6.29. The Bertz CT molecular complexity index is 1180. The molecule has 0 aliphatic carbocycles. The largest absolute Gasteiger partial charge is 0.419 e. The number of ether oxygens (including phenoxy) is 1. The fourth-order valence-electron chi connectivity index (χ4n) is 4.48. The highest BCUT2D eigenvalue weighted by molar-refractivity contribution is 6.30. The number of nitrogens with zero attached hydrogens (tertiary/aromatic N) is 5. The predicted molar refractivity (Wildman–Crippen MR) is 131 cm³/mol. The smallest absolute Gasteiger partial charge is 0.378 e. The Labute approximate surface area is 206 Å². The van der Waals surface area contributed by atoms with Crippen LogP contribution in [0, 0.1) is 0 Å². The normalized spacial score (nSPS) is 17.1. The Hall–Kier alpha value is -3.04. The molecule has 2 aromatic heterocycles. The first-order chi connectivity index (χ1) is 16.9. The lowest BCUT2D eigenvalue weighted by Gasteiger charge is -2.38. The fourth-order valence-corrected chi connectivity index (χ4v) is 4.67. The predicted octanol–water partition coefficient (Wildman–Crippen LogP) is 4.98. The summed E-state index contributed by atoms with van der Waals surface area (Å²) in [5, 5.41) is 0.632. The third kappa shape index (κ3) is 5.31.